The van der Waals surface area contributed by atoms with E-state index < -0.39 is 24.7 Å². The summed E-state index contributed by atoms with van der Waals surface area (Å²) in [6.07, 6.45) is -6.81. The number of benzene rings is 1. The Labute approximate surface area is 141 Å². The molecule has 136 valence electrons. The second-order valence-corrected chi connectivity index (χ2v) is 5.38. The first-order valence-electron chi connectivity index (χ1n) is 7.53. The zero-order chi connectivity index (χ0) is 18.4. The molecule has 0 aliphatic rings. The van der Waals surface area contributed by atoms with E-state index in [9.17, 15) is 22.8 Å². The maximum atomic E-state index is 12.5. The number of methoxy groups -OCH3 is 1. The highest BCUT2D eigenvalue weighted by Gasteiger charge is 2.39. The molecule has 1 aromatic carbocycles. The van der Waals surface area contributed by atoms with Gasteiger partial charge in [-0.2, -0.15) is 13.2 Å². The van der Waals surface area contributed by atoms with Gasteiger partial charge in [-0.05, 0) is 23.9 Å². The second-order valence-electron chi connectivity index (χ2n) is 5.38. The molecule has 0 aliphatic heterocycles. The SMILES string of the molecule is COC(CCNC(=O)NCc1cc2ccccc2[nH]c1=O)C(F)(F)F. The number of carbonyl (C=O) groups excluding carboxylic acids is 1. The number of halogens is 3. The smallest absolute Gasteiger partial charge is 0.372 e. The highest BCUT2D eigenvalue weighted by atomic mass is 19.4. The number of pyridine rings is 1. The summed E-state index contributed by atoms with van der Waals surface area (Å²) in [5.74, 6) is 0. The third kappa shape index (κ3) is 5.21. The number of carbonyl (C=O) groups is 1. The number of nitrogens with one attached hydrogen (secondary N) is 3. The monoisotopic (exact) mass is 357 g/mol. The Bertz CT molecular complexity index is 789. The molecule has 0 aliphatic carbocycles. The van der Waals surface area contributed by atoms with Crippen LogP contribution in [0.25, 0.3) is 10.9 Å². The molecule has 0 bridgehead atoms. The zero-order valence-corrected chi connectivity index (χ0v) is 13.4. The number of ether oxygens (including phenoxy) is 1. The molecule has 6 nitrogen and oxygen atoms in total. The molecule has 1 unspecified atom stereocenters. The first-order valence-corrected chi connectivity index (χ1v) is 7.53. The first kappa shape index (κ1) is 18.8. The Hall–Kier alpha value is -2.55. The predicted octanol–water partition coefficient (Wildman–Crippen LogP) is 2.29. The number of rotatable bonds is 6. The predicted molar refractivity (Wildman–Crippen MR) is 86.3 cm³/mol. The van der Waals surface area contributed by atoms with E-state index in [0.29, 0.717) is 11.1 Å². The molecule has 1 atom stereocenters. The van der Waals surface area contributed by atoms with Gasteiger partial charge in [0.15, 0.2) is 6.10 Å². The van der Waals surface area contributed by atoms with Crippen LogP contribution in [0.3, 0.4) is 0 Å². The molecule has 9 heteroatoms. The van der Waals surface area contributed by atoms with Crippen LogP contribution in [-0.4, -0.2) is 36.9 Å². The third-order valence-electron chi connectivity index (χ3n) is 3.61. The number of fused-ring (bicyclic) bond motifs is 1. The molecule has 2 aromatic rings. The first-order chi connectivity index (χ1) is 11.8. The van der Waals surface area contributed by atoms with Crippen molar-refractivity contribution >= 4 is 16.9 Å². The minimum Gasteiger partial charge on any atom is -0.372 e. The highest BCUT2D eigenvalue weighted by molar-refractivity contribution is 5.79. The Balaban J connectivity index is 1.86. The normalized spacial score (nSPS) is 12.8. The van der Waals surface area contributed by atoms with Crippen molar-refractivity contribution in [2.45, 2.75) is 25.2 Å². The maximum absolute atomic E-state index is 12.5. The van der Waals surface area contributed by atoms with Crippen LogP contribution in [0, 0.1) is 0 Å². The van der Waals surface area contributed by atoms with Crippen LogP contribution >= 0.6 is 0 Å². The molecule has 1 aromatic heterocycles. The van der Waals surface area contributed by atoms with Crippen LogP contribution in [0.5, 0.6) is 0 Å². The maximum Gasteiger partial charge on any atom is 0.414 e. The summed E-state index contributed by atoms with van der Waals surface area (Å²) in [5.41, 5.74) is 0.688. The van der Waals surface area contributed by atoms with Crippen molar-refractivity contribution in [1.82, 2.24) is 15.6 Å². The van der Waals surface area contributed by atoms with Gasteiger partial charge >= 0.3 is 12.2 Å². The average molecular weight is 357 g/mol. The summed E-state index contributed by atoms with van der Waals surface area (Å²) in [6.45, 7) is -0.253. The van der Waals surface area contributed by atoms with Gasteiger partial charge in [0.05, 0.1) is 0 Å². The lowest BCUT2D eigenvalue weighted by molar-refractivity contribution is -0.213. The summed E-state index contributed by atoms with van der Waals surface area (Å²) in [4.78, 5) is 26.3. The molecule has 0 spiro atoms. The van der Waals surface area contributed by atoms with Gasteiger partial charge in [0.2, 0.25) is 0 Å². The van der Waals surface area contributed by atoms with E-state index in [1.807, 2.05) is 12.1 Å². The average Bonchev–Trinajstić information content (AvgIpc) is 2.55. The Kier molecular flexibility index (Phi) is 6.02. The summed E-state index contributed by atoms with van der Waals surface area (Å²) in [6, 6.07) is 8.17. The standard InChI is InChI=1S/C16H18F3N3O3/c1-25-13(16(17,18)19)6-7-20-15(24)21-9-11-8-10-4-2-3-5-12(10)22-14(11)23/h2-5,8,13H,6-7,9H2,1H3,(H,22,23)(H2,20,21,24). The van der Waals surface area contributed by atoms with E-state index in [0.717, 1.165) is 12.5 Å². The van der Waals surface area contributed by atoms with Crippen LogP contribution in [0.2, 0.25) is 0 Å². The van der Waals surface area contributed by atoms with Gasteiger partial charge in [-0.3, -0.25) is 4.79 Å². The summed E-state index contributed by atoms with van der Waals surface area (Å²) < 4.78 is 41.8. The number of alkyl halides is 3. The van der Waals surface area contributed by atoms with Crippen molar-refractivity contribution in [1.29, 1.82) is 0 Å². The highest BCUT2D eigenvalue weighted by Crippen LogP contribution is 2.24. The van der Waals surface area contributed by atoms with Crippen molar-refractivity contribution in [3.63, 3.8) is 0 Å². The van der Waals surface area contributed by atoms with Gasteiger partial charge in [-0.1, -0.05) is 18.2 Å². The molecule has 0 fully saturated rings. The molecule has 0 radical (unpaired) electrons. The zero-order valence-electron chi connectivity index (χ0n) is 13.4. The van der Waals surface area contributed by atoms with Gasteiger partial charge in [-0.15, -0.1) is 0 Å². The van der Waals surface area contributed by atoms with Crippen molar-refractivity contribution < 1.29 is 22.7 Å². The van der Waals surface area contributed by atoms with Crippen LogP contribution in [0.4, 0.5) is 18.0 Å². The van der Waals surface area contributed by atoms with Gasteiger partial charge < -0.3 is 20.4 Å². The Morgan fingerprint density at radius 3 is 2.68 bits per heavy atom. The number of amides is 2. The fourth-order valence-corrected chi connectivity index (χ4v) is 2.29. The minimum absolute atomic E-state index is 0.0427. The number of hydrogen-bond donors (Lipinski definition) is 3. The fraction of sp³-hybridized carbons (Fsp3) is 0.375. The van der Waals surface area contributed by atoms with Crippen LogP contribution in [-0.2, 0) is 11.3 Å². The van der Waals surface area contributed by atoms with Crippen molar-refractivity contribution in [3.05, 3.63) is 46.2 Å². The van der Waals surface area contributed by atoms with Crippen LogP contribution in [0.15, 0.2) is 35.1 Å². The van der Waals surface area contributed by atoms with Crippen molar-refractivity contribution in [2.75, 3.05) is 13.7 Å². The second kappa shape index (κ2) is 8.02. The molecule has 0 saturated heterocycles. The van der Waals surface area contributed by atoms with Gasteiger partial charge in [0.1, 0.15) is 0 Å². The lowest BCUT2D eigenvalue weighted by Crippen LogP contribution is -2.40. The van der Waals surface area contributed by atoms with Crippen molar-refractivity contribution in [2.24, 2.45) is 0 Å². The number of H-pyrrole nitrogens is 1. The lowest BCUT2D eigenvalue weighted by Gasteiger charge is -2.18. The number of para-hydroxylation sites is 1. The topological polar surface area (TPSA) is 83.2 Å². The van der Waals surface area contributed by atoms with Crippen molar-refractivity contribution in [3.8, 4) is 0 Å². The lowest BCUT2D eigenvalue weighted by atomic mass is 10.1. The molecular formula is C16H18F3N3O3. The fourth-order valence-electron chi connectivity index (χ4n) is 2.29. The molecule has 25 heavy (non-hydrogen) atoms. The van der Waals surface area contributed by atoms with Gasteiger partial charge in [0.25, 0.3) is 5.56 Å². The molecule has 3 N–H and O–H groups in total. The summed E-state index contributed by atoms with van der Waals surface area (Å²) >= 11 is 0. The summed E-state index contributed by atoms with van der Waals surface area (Å²) in [5, 5.41) is 5.56. The molecule has 0 saturated carbocycles. The van der Waals surface area contributed by atoms with Crippen LogP contribution in [0.1, 0.15) is 12.0 Å². The van der Waals surface area contributed by atoms with E-state index >= 15 is 0 Å². The Morgan fingerprint density at radius 2 is 2.00 bits per heavy atom. The van der Waals surface area contributed by atoms with E-state index in [2.05, 4.69) is 20.4 Å². The van der Waals surface area contributed by atoms with Gasteiger partial charge in [-0.25, -0.2) is 4.79 Å². The third-order valence-corrected chi connectivity index (χ3v) is 3.61. The quantitative estimate of drug-likeness (QED) is 0.742. The number of urea groups is 1. The van der Waals surface area contributed by atoms with E-state index in [1.54, 1.807) is 18.2 Å². The van der Waals surface area contributed by atoms with E-state index in [1.165, 1.54) is 0 Å². The number of aromatic amines is 1. The summed E-state index contributed by atoms with van der Waals surface area (Å²) in [7, 11) is 0.963. The largest absolute Gasteiger partial charge is 0.414 e. The van der Waals surface area contributed by atoms with E-state index in [-0.39, 0.29) is 18.6 Å². The van der Waals surface area contributed by atoms with Crippen LogP contribution < -0.4 is 16.2 Å². The van der Waals surface area contributed by atoms with Gasteiger partial charge in [0, 0.05) is 31.3 Å². The Morgan fingerprint density at radius 1 is 1.28 bits per heavy atom. The molecular weight excluding hydrogens is 339 g/mol. The molecule has 1 heterocycles. The minimum atomic E-state index is -4.48. The number of aromatic nitrogens is 1. The van der Waals surface area contributed by atoms with E-state index in [4.69, 9.17) is 0 Å². The molecule has 2 amide bonds. The molecule has 2 rings (SSSR count). The number of hydrogen-bond acceptors (Lipinski definition) is 3.